The number of H-pyrrole nitrogens is 1. The van der Waals surface area contributed by atoms with Gasteiger partial charge in [0.1, 0.15) is 5.75 Å². The number of hydrogen-bond acceptors (Lipinski definition) is 7. The Labute approximate surface area is 187 Å². The molecular weight excluding hydrogens is 436 g/mol. The fourth-order valence-electron chi connectivity index (χ4n) is 2.64. The molecule has 0 bridgehead atoms. The number of carbonyl (C=O) groups excluding carboxylic acids is 2. The highest BCUT2D eigenvalue weighted by Gasteiger charge is 2.11. The molecule has 3 rings (SSSR count). The lowest BCUT2D eigenvalue weighted by Gasteiger charge is -2.11. The van der Waals surface area contributed by atoms with Gasteiger partial charge >= 0.3 is 0 Å². The predicted octanol–water partition coefficient (Wildman–Crippen LogP) is 2.82. The highest BCUT2D eigenvalue weighted by Crippen LogP contribution is 2.24. The molecule has 0 aliphatic carbocycles. The molecular formula is C21H22N4O4S2. The van der Waals surface area contributed by atoms with E-state index in [4.69, 9.17) is 4.74 Å². The average Bonchev–Trinajstić information content (AvgIpc) is 3.26. The number of thioether (sulfide) groups is 1. The van der Waals surface area contributed by atoms with Crippen LogP contribution in [0.1, 0.15) is 17.5 Å². The van der Waals surface area contributed by atoms with Crippen LogP contribution in [-0.2, 0) is 22.6 Å². The zero-order chi connectivity index (χ0) is 22.1. The highest BCUT2D eigenvalue weighted by molar-refractivity contribution is 7.99. The number of rotatable bonds is 10. The second kappa shape index (κ2) is 11.3. The Morgan fingerprint density at radius 1 is 1.19 bits per heavy atom. The van der Waals surface area contributed by atoms with Crippen molar-refractivity contribution in [1.29, 1.82) is 0 Å². The Morgan fingerprint density at radius 3 is 2.81 bits per heavy atom. The lowest BCUT2D eigenvalue weighted by atomic mass is 10.3. The lowest BCUT2D eigenvalue weighted by Crippen LogP contribution is -2.25. The maximum Gasteiger partial charge on any atom is 0.251 e. The number of amides is 2. The van der Waals surface area contributed by atoms with E-state index in [0.29, 0.717) is 30.3 Å². The van der Waals surface area contributed by atoms with Gasteiger partial charge in [0, 0.05) is 10.9 Å². The molecule has 0 unspecified atom stereocenters. The Morgan fingerprint density at radius 2 is 2.03 bits per heavy atom. The van der Waals surface area contributed by atoms with Crippen LogP contribution in [0.2, 0.25) is 0 Å². The first-order chi connectivity index (χ1) is 15.0. The van der Waals surface area contributed by atoms with Crippen molar-refractivity contribution in [3.8, 4) is 5.75 Å². The molecule has 8 nitrogen and oxygen atoms in total. The van der Waals surface area contributed by atoms with Gasteiger partial charge in [0.05, 0.1) is 36.7 Å². The molecule has 162 valence electrons. The van der Waals surface area contributed by atoms with Gasteiger partial charge in [0.15, 0.2) is 5.16 Å². The van der Waals surface area contributed by atoms with Gasteiger partial charge in [-0.2, -0.15) is 0 Å². The molecule has 2 amide bonds. The largest absolute Gasteiger partial charge is 0.492 e. The minimum Gasteiger partial charge on any atom is -0.492 e. The Balaban J connectivity index is 1.54. The SMILES string of the molecule is CCOc1ccccc1NC(=O)CSc1nc(CC(=O)NCc2cccs2)cc(=O)[nH]1. The third-order valence-corrected chi connectivity index (χ3v) is 5.71. The number of nitrogens with one attached hydrogen (secondary N) is 3. The molecule has 0 aliphatic heterocycles. The van der Waals surface area contributed by atoms with Gasteiger partial charge in [-0.15, -0.1) is 11.3 Å². The summed E-state index contributed by atoms with van der Waals surface area (Å²) in [6.45, 7) is 2.79. The predicted molar refractivity (Wildman–Crippen MR) is 122 cm³/mol. The van der Waals surface area contributed by atoms with Crippen LogP contribution in [0.3, 0.4) is 0 Å². The molecule has 0 saturated heterocycles. The Kier molecular flexibility index (Phi) is 8.25. The van der Waals surface area contributed by atoms with E-state index in [1.54, 1.807) is 29.5 Å². The van der Waals surface area contributed by atoms with Crippen LogP contribution in [0, 0.1) is 0 Å². The molecule has 31 heavy (non-hydrogen) atoms. The maximum atomic E-state index is 12.3. The van der Waals surface area contributed by atoms with Crippen LogP contribution in [0.15, 0.2) is 57.8 Å². The summed E-state index contributed by atoms with van der Waals surface area (Å²) < 4.78 is 5.49. The normalized spacial score (nSPS) is 10.5. The molecule has 0 spiro atoms. The van der Waals surface area contributed by atoms with Crippen molar-refractivity contribution in [1.82, 2.24) is 15.3 Å². The molecule has 0 fully saturated rings. The molecule has 1 aromatic carbocycles. The number of carbonyl (C=O) groups is 2. The summed E-state index contributed by atoms with van der Waals surface area (Å²) in [7, 11) is 0. The molecule has 0 aliphatic rings. The molecule has 3 aromatic rings. The zero-order valence-corrected chi connectivity index (χ0v) is 18.5. The maximum absolute atomic E-state index is 12.3. The second-order valence-corrected chi connectivity index (χ2v) is 8.34. The number of para-hydroxylation sites is 2. The van der Waals surface area contributed by atoms with Crippen LogP contribution in [-0.4, -0.2) is 34.1 Å². The van der Waals surface area contributed by atoms with Gasteiger partial charge < -0.3 is 20.4 Å². The van der Waals surface area contributed by atoms with Crippen molar-refractivity contribution in [3.05, 3.63) is 68.8 Å². The third kappa shape index (κ3) is 7.26. The summed E-state index contributed by atoms with van der Waals surface area (Å²) in [5, 5.41) is 7.81. The van der Waals surface area contributed by atoms with E-state index >= 15 is 0 Å². The van der Waals surface area contributed by atoms with E-state index in [0.717, 1.165) is 16.6 Å². The molecule has 10 heteroatoms. The molecule has 2 heterocycles. The topological polar surface area (TPSA) is 113 Å². The van der Waals surface area contributed by atoms with Crippen molar-refractivity contribution in [2.24, 2.45) is 0 Å². The van der Waals surface area contributed by atoms with Gasteiger partial charge in [-0.1, -0.05) is 30.0 Å². The number of aromatic nitrogens is 2. The minimum absolute atomic E-state index is 0.0171. The van der Waals surface area contributed by atoms with Gasteiger partial charge in [-0.3, -0.25) is 14.4 Å². The quantitative estimate of drug-likeness (QED) is 0.318. The number of anilines is 1. The zero-order valence-electron chi connectivity index (χ0n) is 16.8. The molecule has 0 radical (unpaired) electrons. The Hall–Kier alpha value is -3.11. The van der Waals surface area contributed by atoms with Gasteiger partial charge in [0.25, 0.3) is 5.56 Å². The van der Waals surface area contributed by atoms with E-state index in [2.05, 4.69) is 20.6 Å². The summed E-state index contributed by atoms with van der Waals surface area (Å²) in [4.78, 5) is 44.3. The molecule has 0 atom stereocenters. The average molecular weight is 459 g/mol. The summed E-state index contributed by atoms with van der Waals surface area (Å²) in [5.74, 6) is 0.134. The van der Waals surface area contributed by atoms with Gasteiger partial charge in [0.2, 0.25) is 11.8 Å². The highest BCUT2D eigenvalue weighted by atomic mass is 32.2. The number of benzene rings is 1. The van der Waals surface area contributed by atoms with E-state index in [-0.39, 0.29) is 34.7 Å². The van der Waals surface area contributed by atoms with E-state index < -0.39 is 0 Å². The first kappa shape index (κ1) is 22.6. The Bertz CT molecular complexity index is 1080. The van der Waals surface area contributed by atoms with Crippen molar-refractivity contribution >= 4 is 40.6 Å². The van der Waals surface area contributed by atoms with Crippen molar-refractivity contribution in [2.45, 2.75) is 25.0 Å². The smallest absolute Gasteiger partial charge is 0.251 e. The summed E-state index contributed by atoms with van der Waals surface area (Å²) in [6.07, 6.45) is -0.0171. The van der Waals surface area contributed by atoms with Crippen LogP contribution in [0.4, 0.5) is 5.69 Å². The van der Waals surface area contributed by atoms with Gasteiger partial charge in [-0.25, -0.2) is 4.98 Å². The van der Waals surface area contributed by atoms with Crippen LogP contribution in [0.25, 0.3) is 0 Å². The number of hydrogen-bond donors (Lipinski definition) is 3. The fraction of sp³-hybridized carbons (Fsp3) is 0.238. The van der Waals surface area contributed by atoms with Crippen molar-refractivity contribution < 1.29 is 14.3 Å². The number of ether oxygens (including phenoxy) is 1. The fourth-order valence-corrected chi connectivity index (χ4v) is 3.98. The monoisotopic (exact) mass is 458 g/mol. The second-order valence-electron chi connectivity index (χ2n) is 6.34. The third-order valence-electron chi connectivity index (χ3n) is 3.96. The lowest BCUT2D eigenvalue weighted by molar-refractivity contribution is -0.120. The van der Waals surface area contributed by atoms with Crippen molar-refractivity contribution in [3.63, 3.8) is 0 Å². The summed E-state index contributed by atoms with van der Waals surface area (Å²) >= 11 is 2.64. The number of aromatic amines is 1. The number of thiophene rings is 1. The number of nitrogens with zero attached hydrogens (tertiary/aromatic N) is 1. The summed E-state index contributed by atoms with van der Waals surface area (Å²) in [5.41, 5.74) is 0.547. The molecule has 2 aromatic heterocycles. The van der Waals surface area contributed by atoms with Crippen LogP contribution in [0.5, 0.6) is 5.75 Å². The summed E-state index contributed by atoms with van der Waals surface area (Å²) in [6, 6.07) is 12.3. The minimum atomic E-state index is -0.374. The van der Waals surface area contributed by atoms with Crippen LogP contribution >= 0.6 is 23.1 Å². The van der Waals surface area contributed by atoms with Gasteiger partial charge in [-0.05, 0) is 30.5 Å². The van der Waals surface area contributed by atoms with E-state index in [9.17, 15) is 14.4 Å². The first-order valence-electron chi connectivity index (χ1n) is 9.57. The van der Waals surface area contributed by atoms with E-state index in [1.807, 2.05) is 30.5 Å². The molecule has 3 N–H and O–H groups in total. The molecule has 0 saturated carbocycles. The first-order valence-corrected chi connectivity index (χ1v) is 11.4. The van der Waals surface area contributed by atoms with E-state index in [1.165, 1.54) is 6.07 Å². The van der Waals surface area contributed by atoms with Crippen LogP contribution < -0.4 is 20.9 Å². The standard InChI is InChI=1S/C21H22N4O4S2/c1-2-29-17-8-4-3-7-16(17)24-20(28)13-31-21-23-14(11-19(27)25-21)10-18(26)22-12-15-6-5-9-30-15/h3-9,11H,2,10,12-13H2,1H3,(H,22,26)(H,24,28)(H,23,25,27). The van der Waals surface area contributed by atoms with Crippen molar-refractivity contribution in [2.75, 3.05) is 17.7 Å².